The summed E-state index contributed by atoms with van der Waals surface area (Å²) in [4.78, 5) is 58.1. The Kier molecular flexibility index (Phi) is 5.69. The third-order valence-electron chi connectivity index (χ3n) is 4.62. The summed E-state index contributed by atoms with van der Waals surface area (Å²) in [5.41, 5.74) is 5.12. The molecule has 3 N–H and O–H groups in total. The zero-order valence-corrected chi connectivity index (χ0v) is 17.9. The molecule has 0 aromatic carbocycles. The van der Waals surface area contributed by atoms with Crippen LogP contribution in [-0.2, 0) is 33.5 Å². The molecule has 0 aliphatic carbocycles. The first-order valence-corrected chi connectivity index (χ1v) is 10.7. The van der Waals surface area contributed by atoms with Gasteiger partial charge in [0, 0.05) is 11.1 Å². The first-order valence-electron chi connectivity index (χ1n) is 8.85. The number of β-lactam (4-membered cyclic amide) rings is 1. The molecule has 4 rings (SSSR count). The van der Waals surface area contributed by atoms with E-state index in [-0.39, 0.29) is 32.9 Å². The molecule has 3 aliphatic rings. The molecule has 4 heterocycles. The fraction of sp³-hybridized carbons (Fsp3) is 0.375. The van der Waals surface area contributed by atoms with Gasteiger partial charge in [0.05, 0.1) is 10.9 Å². The molecule has 3 unspecified atom stereocenters. The van der Waals surface area contributed by atoms with E-state index in [2.05, 4.69) is 25.0 Å². The lowest BCUT2D eigenvalue weighted by Crippen LogP contribution is -2.72. The number of halogens is 3. The third kappa shape index (κ3) is 3.97. The van der Waals surface area contributed by atoms with Gasteiger partial charge in [-0.1, -0.05) is 5.16 Å². The van der Waals surface area contributed by atoms with Crippen molar-refractivity contribution in [2.45, 2.75) is 24.6 Å². The maximum Gasteiger partial charge on any atom is 0.491 e. The summed E-state index contributed by atoms with van der Waals surface area (Å²) in [6, 6.07) is -1.78. The number of nitrogens with one attached hydrogen (secondary N) is 1. The largest absolute Gasteiger partial charge is 0.491 e. The minimum absolute atomic E-state index is 0.0760. The van der Waals surface area contributed by atoms with Crippen molar-refractivity contribution in [1.29, 1.82) is 0 Å². The summed E-state index contributed by atoms with van der Waals surface area (Å²) in [5.74, 6) is -5.09. The molecule has 2 amide bonds. The first-order chi connectivity index (χ1) is 15.5. The highest BCUT2D eigenvalue weighted by molar-refractivity contribution is 8.03. The van der Waals surface area contributed by atoms with E-state index in [1.165, 1.54) is 12.5 Å². The maximum absolute atomic E-state index is 12.7. The minimum Gasteiger partial charge on any atom is -0.415 e. The van der Waals surface area contributed by atoms with E-state index in [4.69, 9.17) is 10.5 Å². The molecule has 1 saturated heterocycles. The van der Waals surface area contributed by atoms with E-state index in [1.807, 2.05) is 0 Å². The highest BCUT2D eigenvalue weighted by atomic mass is 32.2. The van der Waals surface area contributed by atoms with Crippen LogP contribution in [0.4, 0.5) is 18.3 Å². The molecule has 12 nitrogen and oxygen atoms in total. The van der Waals surface area contributed by atoms with Gasteiger partial charge in [-0.25, -0.2) is 14.6 Å². The molecule has 0 bridgehead atoms. The number of fused-ring (bicyclic) bond motifs is 2. The number of ether oxygens (including phenoxy) is 2. The molecule has 1 aromatic heterocycles. The zero-order chi connectivity index (χ0) is 24.1. The average molecular weight is 507 g/mol. The predicted octanol–water partition coefficient (Wildman–Crippen LogP) is -0.282. The van der Waals surface area contributed by atoms with Crippen molar-refractivity contribution >= 4 is 57.7 Å². The van der Waals surface area contributed by atoms with Crippen LogP contribution in [0.15, 0.2) is 21.1 Å². The lowest BCUT2D eigenvalue weighted by atomic mass is 9.94. The molecule has 0 saturated carbocycles. The Bertz CT molecular complexity index is 1120. The fourth-order valence-electron chi connectivity index (χ4n) is 3.24. The van der Waals surface area contributed by atoms with Gasteiger partial charge in [-0.15, -0.1) is 23.1 Å². The normalized spacial score (nSPS) is 24.5. The summed E-state index contributed by atoms with van der Waals surface area (Å²) in [6.07, 6.45) is -7.20. The molecule has 3 aliphatic heterocycles. The highest BCUT2D eigenvalue weighted by Gasteiger charge is 2.58. The van der Waals surface area contributed by atoms with Crippen LogP contribution in [0.5, 0.6) is 0 Å². The number of amides is 2. The highest BCUT2D eigenvalue weighted by Crippen LogP contribution is 2.45. The number of carbonyl (C=O) groups excluding carboxylic acids is 4. The quantitative estimate of drug-likeness (QED) is 0.235. The van der Waals surface area contributed by atoms with Crippen LogP contribution < -0.4 is 11.1 Å². The lowest BCUT2D eigenvalue weighted by molar-refractivity contribution is -0.217. The number of rotatable bonds is 5. The SMILES string of the molecule is CON=C(C(=O)NC1C(=O)N2C3=C(SCC12)C(OC(=O)C(F)(F)F)OC3=O)c1csc(N)n1. The van der Waals surface area contributed by atoms with Crippen molar-refractivity contribution in [1.82, 2.24) is 15.2 Å². The van der Waals surface area contributed by atoms with Gasteiger partial charge in [-0.2, -0.15) is 13.2 Å². The second-order valence-electron chi connectivity index (χ2n) is 6.58. The molecule has 1 aromatic rings. The van der Waals surface area contributed by atoms with E-state index in [0.29, 0.717) is 0 Å². The molecular formula is C16H12F3N5O7S2. The molecule has 0 radical (unpaired) electrons. The third-order valence-corrected chi connectivity index (χ3v) is 6.50. The number of oxime groups is 1. The number of aromatic nitrogens is 1. The summed E-state index contributed by atoms with van der Waals surface area (Å²) in [7, 11) is 1.21. The number of thiazole rings is 1. The summed E-state index contributed by atoms with van der Waals surface area (Å²) >= 11 is 1.93. The average Bonchev–Trinajstić information content (AvgIpc) is 3.31. The van der Waals surface area contributed by atoms with Gasteiger partial charge < -0.3 is 25.4 Å². The lowest BCUT2D eigenvalue weighted by Gasteiger charge is -2.48. The number of thioether (sulfide) groups is 1. The van der Waals surface area contributed by atoms with Gasteiger partial charge in [-0.3, -0.25) is 14.5 Å². The van der Waals surface area contributed by atoms with E-state index in [1.54, 1.807) is 0 Å². The predicted molar refractivity (Wildman–Crippen MR) is 104 cm³/mol. The van der Waals surface area contributed by atoms with Gasteiger partial charge in [0.25, 0.3) is 18.1 Å². The zero-order valence-electron chi connectivity index (χ0n) is 16.2. The Balaban J connectivity index is 1.49. The molecule has 33 heavy (non-hydrogen) atoms. The van der Waals surface area contributed by atoms with Crippen molar-refractivity contribution < 1.29 is 46.7 Å². The van der Waals surface area contributed by atoms with Gasteiger partial charge in [0.1, 0.15) is 24.5 Å². The molecule has 1 fully saturated rings. The Labute approximate surface area is 189 Å². The number of cyclic esters (lactones) is 1. The molecule has 176 valence electrons. The van der Waals surface area contributed by atoms with Gasteiger partial charge >= 0.3 is 18.1 Å². The second kappa shape index (κ2) is 8.22. The van der Waals surface area contributed by atoms with E-state index in [0.717, 1.165) is 28.0 Å². The number of hydrogen-bond donors (Lipinski definition) is 2. The summed E-state index contributed by atoms with van der Waals surface area (Å²) < 4.78 is 46.4. The van der Waals surface area contributed by atoms with Crippen LogP contribution in [0.3, 0.4) is 0 Å². The number of nitrogens with zero attached hydrogens (tertiary/aromatic N) is 3. The maximum atomic E-state index is 12.7. The van der Waals surface area contributed by atoms with Crippen LogP contribution in [0.2, 0.25) is 0 Å². The smallest absolute Gasteiger partial charge is 0.415 e. The van der Waals surface area contributed by atoms with E-state index < -0.39 is 48.3 Å². The van der Waals surface area contributed by atoms with Crippen LogP contribution in [0.1, 0.15) is 5.69 Å². The topological polar surface area (TPSA) is 163 Å². The number of nitrogen functional groups attached to an aromatic ring is 1. The van der Waals surface area contributed by atoms with Crippen LogP contribution in [-0.4, -0.2) is 76.8 Å². The summed E-state index contributed by atoms with van der Waals surface area (Å²) in [6.45, 7) is 0. The van der Waals surface area contributed by atoms with Crippen LogP contribution >= 0.6 is 23.1 Å². The Hall–Kier alpha value is -3.34. The number of nitrogens with two attached hydrogens (primary N) is 1. The van der Waals surface area contributed by atoms with Gasteiger partial charge in [0.2, 0.25) is 0 Å². The van der Waals surface area contributed by atoms with Crippen molar-refractivity contribution in [2.24, 2.45) is 5.16 Å². The first kappa shape index (κ1) is 22.8. The summed E-state index contributed by atoms with van der Waals surface area (Å²) in [5, 5.41) is 7.73. The number of hydrogen-bond acceptors (Lipinski definition) is 12. The van der Waals surface area contributed by atoms with E-state index >= 15 is 0 Å². The van der Waals surface area contributed by atoms with Crippen LogP contribution in [0, 0.1) is 0 Å². The Morgan fingerprint density at radius 2 is 2.12 bits per heavy atom. The van der Waals surface area contributed by atoms with Gasteiger partial charge in [0.15, 0.2) is 10.8 Å². The molecule has 17 heteroatoms. The molecule has 0 spiro atoms. The fourth-order valence-corrected chi connectivity index (χ4v) is 5.03. The number of alkyl halides is 3. The number of anilines is 1. The monoisotopic (exact) mass is 507 g/mol. The number of esters is 2. The Morgan fingerprint density at radius 3 is 2.73 bits per heavy atom. The second-order valence-corrected chi connectivity index (χ2v) is 8.54. The van der Waals surface area contributed by atoms with Crippen molar-refractivity contribution in [3.05, 3.63) is 21.7 Å². The Morgan fingerprint density at radius 1 is 1.39 bits per heavy atom. The molecular weight excluding hydrogens is 495 g/mol. The van der Waals surface area contributed by atoms with Crippen molar-refractivity contribution in [2.75, 3.05) is 18.6 Å². The molecule has 3 atom stereocenters. The standard InChI is InChI=1S/C16H12F3N5O7S2/c1-29-23-6(4-2-33-15(20)21-4)10(25)22-7-5-3-32-9-8(24(5)11(7)26)12(27)30-13(9)31-14(28)16(17,18)19/h2,5,7,13H,3H2,1H3,(H2,20,21)(H,22,25). The van der Waals surface area contributed by atoms with Crippen molar-refractivity contribution in [3.63, 3.8) is 0 Å². The van der Waals surface area contributed by atoms with E-state index in [9.17, 15) is 32.3 Å². The number of carbonyl (C=O) groups is 4. The van der Waals surface area contributed by atoms with Crippen LogP contribution in [0.25, 0.3) is 0 Å². The van der Waals surface area contributed by atoms with Crippen molar-refractivity contribution in [3.8, 4) is 0 Å². The minimum atomic E-state index is -5.29. The van der Waals surface area contributed by atoms with Gasteiger partial charge in [-0.05, 0) is 0 Å².